The molecule has 0 saturated heterocycles. The van der Waals surface area contributed by atoms with Gasteiger partial charge in [0, 0.05) is 41.2 Å². The molecule has 4 nitrogen and oxygen atoms in total. The maximum absolute atomic E-state index is 10.9. The van der Waals surface area contributed by atoms with E-state index >= 15 is 0 Å². The van der Waals surface area contributed by atoms with Gasteiger partial charge in [0.05, 0.1) is 4.92 Å². The molecular formula is C15H15ClN2O2S. The van der Waals surface area contributed by atoms with Crippen LogP contribution < -0.4 is 0 Å². The Morgan fingerprint density at radius 3 is 3.05 bits per heavy atom. The summed E-state index contributed by atoms with van der Waals surface area (Å²) in [6.45, 7) is 3.76. The smallest absolute Gasteiger partial charge is 0.269 e. The van der Waals surface area contributed by atoms with Crippen molar-refractivity contribution in [3.63, 3.8) is 0 Å². The Morgan fingerprint density at radius 1 is 1.48 bits per heavy atom. The number of hydrogen-bond acceptors (Lipinski definition) is 4. The quantitative estimate of drug-likeness (QED) is 0.620. The molecule has 6 heteroatoms. The molecule has 0 aliphatic carbocycles. The first-order chi connectivity index (χ1) is 10.1. The molecule has 110 valence electrons. The number of thiophene rings is 1. The van der Waals surface area contributed by atoms with Crippen molar-refractivity contribution in [3.8, 4) is 0 Å². The Labute approximate surface area is 132 Å². The number of hydrogen-bond donors (Lipinski definition) is 0. The number of nitro groups is 1. The molecule has 2 aromatic rings. The van der Waals surface area contributed by atoms with Crippen molar-refractivity contribution in [2.75, 3.05) is 6.54 Å². The lowest BCUT2D eigenvalue weighted by atomic mass is 10.0. The summed E-state index contributed by atoms with van der Waals surface area (Å²) < 4.78 is 0. The number of rotatable bonds is 3. The largest absolute Gasteiger partial charge is 0.292 e. The second-order valence-corrected chi connectivity index (χ2v) is 6.64. The molecule has 1 aromatic carbocycles. The molecule has 0 spiro atoms. The Hall–Kier alpha value is -1.43. The first-order valence-electron chi connectivity index (χ1n) is 6.79. The van der Waals surface area contributed by atoms with Crippen LogP contribution in [0.4, 0.5) is 5.69 Å². The van der Waals surface area contributed by atoms with Crippen LogP contribution in [0.5, 0.6) is 0 Å². The van der Waals surface area contributed by atoms with Crippen molar-refractivity contribution in [3.05, 3.63) is 60.8 Å². The van der Waals surface area contributed by atoms with Crippen molar-refractivity contribution >= 4 is 28.6 Å². The number of nitrogens with zero attached hydrogens (tertiary/aromatic N) is 2. The summed E-state index contributed by atoms with van der Waals surface area (Å²) in [6.07, 6.45) is 1.03. The topological polar surface area (TPSA) is 46.4 Å². The van der Waals surface area contributed by atoms with E-state index in [0.717, 1.165) is 18.5 Å². The minimum absolute atomic E-state index is 0.0929. The summed E-state index contributed by atoms with van der Waals surface area (Å²) in [6, 6.07) is 7.13. The van der Waals surface area contributed by atoms with Crippen LogP contribution in [-0.4, -0.2) is 16.4 Å². The number of non-ortho nitro benzene ring substituents is 1. The average molecular weight is 323 g/mol. The fraction of sp³-hybridized carbons (Fsp3) is 0.333. The normalized spacial score (nSPS) is 18.5. The van der Waals surface area contributed by atoms with Gasteiger partial charge in [0.1, 0.15) is 0 Å². The van der Waals surface area contributed by atoms with Crippen LogP contribution in [0.15, 0.2) is 29.6 Å². The van der Waals surface area contributed by atoms with E-state index < -0.39 is 0 Å². The third-order valence-corrected chi connectivity index (χ3v) is 5.38. The highest BCUT2D eigenvalue weighted by atomic mass is 35.5. The molecule has 1 unspecified atom stereocenters. The Balaban J connectivity index is 1.84. The van der Waals surface area contributed by atoms with E-state index in [1.54, 1.807) is 23.5 Å². The molecule has 1 aliphatic heterocycles. The molecule has 0 N–H and O–H groups in total. The van der Waals surface area contributed by atoms with E-state index in [1.165, 1.54) is 16.5 Å². The van der Waals surface area contributed by atoms with Crippen molar-refractivity contribution in [1.82, 2.24) is 4.90 Å². The molecule has 1 aromatic heterocycles. The standard InChI is InChI=1S/C15H15ClN2O2S/c1-10-13-5-7-21-15(13)4-6-17(10)9-11-8-12(18(19)20)2-3-14(11)16/h2-3,5,7-8,10H,4,6,9H2,1H3. The van der Waals surface area contributed by atoms with Gasteiger partial charge in [-0.15, -0.1) is 11.3 Å². The van der Waals surface area contributed by atoms with E-state index in [0.29, 0.717) is 17.6 Å². The first-order valence-corrected chi connectivity index (χ1v) is 8.05. The third-order valence-electron chi connectivity index (χ3n) is 4.02. The Morgan fingerprint density at radius 2 is 2.29 bits per heavy atom. The monoisotopic (exact) mass is 322 g/mol. The van der Waals surface area contributed by atoms with Crippen LogP contribution in [0.3, 0.4) is 0 Å². The van der Waals surface area contributed by atoms with Crippen LogP contribution in [0.25, 0.3) is 0 Å². The summed E-state index contributed by atoms with van der Waals surface area (Å²) in [7, 11) is 0. The molecule has 0 amide bonds. The van der Waals surface area contributed by atoms with Gasteiger partial charge in [0.15, 0.2) is 0 Å². The molecule has 0 radical (unpaired) electrons. The summed E-state index contributed by atoms with van der Waals surface area (Å²) in [5, 5.41) is 13.6. The van der Waals surface area contributed by atoms with Gasteiger partial charge in [0.25, 0.3) is 5.69 Å². The molecular weight excluding hydrogens is 308 g/mol. The van der Waals surface area contributed by atoms with E-state index in [9.17, 15) is 10.1 Å². The fourth-order valence-electron chi connectivity index (χ4n) is 2.79. The highest BCUT2D eigenvalue weighted by molar-refractivity contribution is 7.10. The van der Waals surface area contributed by atoms with Crippen LogP contribution >= 0.6 is 22.9 Å². The van der Waals surface area contributed by atoms with Gasteiger partial charge in [-0.3, -0.25) is 15.0 Å². The van der Waals surface area contributed by atoms with Gasteiger partial charge in [0.2, 0.25) is 0 Å². The highest BCUT2D eigenvalue weighted by Crippen LogP contribution is 2.34. The lowest BCUT2D eigenvalue weighted by Gasteiger charge is -2.33. The average Bonchev–Trinajstić information content (AvgIpc) is 2.93. The van der Waals surface area contributed by atoms with Crippen LogP contribution in [0.2, 0.25) is 5.02 Å². The van der Waals surface area contributed by atoms with Gasteiger partial charge in [-0.25, -0.2) is 0 Å². The molecule has 3 rings (SSSR count). The SMILES string of the molecule is CC1c2ccsc2CCN1Cc1cc([N+](=O)[O-])ccc1Cl. The summed E-state index contributed by atoms with van der Waals surface area (Å²) in [5.74, 6) is 0. The minimum atomic E-state index is -0.379. The van der Waals surface area contributed by atoms with Gasteiger partial charge in [-0.2, -0.15) is 0 Å². The van der Waals surface area contributed by atoms with Gasteiger partial charge >= 0.3 is 0 Å². The minimum Gasteiger partial charge on any atom is -0.292 e. The molecule has 1 atom stereocenters. The Bertz CT molecular complexity index is 686. The molecule has 0 bridgehead atoms. The molecule has 21 heavy (non-hydrogen) atoms. The van der Waals surface area contributed by atoms with E-state index in [-0.39, 0.29) is 10.6 Å². The summed E-state index contributed by atoms with van der Waals surface area (Å²) in [5.41, 5.74) is 2.28. The van der Waals surface area contributed by atoms with Gasteiger partial charge < -0.3 is 0 Å². The van der Waals surface area contributed by atoms with Crippen molar-refractivity contribution in [1.29, 1.82) is 0 Å². The maximum atomic E-state index is 10.9. The molecule has 2 heterocycles. The van der Waals surface area contributed by atoms with Crippen molar-refractivity contribution in [2.24, 2.45) is 0 Å². The lowest BCUT2D eigenvalue weighted by molar-refractivity contribution is -0.384. The zero-order chi connectivity index (χ0) is 15.0. The zero-order valence-corrected chi connectivity index (χ0v) is 13.2. The van der Waals surface area contributed by atoms with E-state index in [2.05, 4.69) is 23.3 Å². The number of halogens is 1. The fourth-order valence-corrected chi connectivity index (χ4v) is 3.93. The first kappa shape index (κ1) is 14.5. The van der Waals surface area contributed by atoms with Crippen LogP contribution in [-0.2, 0) is 13.0 Å². The maximum Gasteiger partial charge on any atom is 0.269 e. The molecule has 1 aliphatic rings. The molecule has 0 fully saturated rings. The van der Waals surface area contributed by atoms with Crippen LogP contribution in [0.1, 0.15) is 29.0 Å². The van der Waals surface area contributed by atoms with E-state index in [4.69, 9.17) is 11.6 Å². The van der Waals surface area contributed by atoms with E-state index in [1.807, 2.05) is 0 Å². The third kappa shape index (κ3) is 2.81. The molecule has 0 saturated carbocycles. The van der Waals surface area contributed by atoms with Crippen LogP contribution in [0, 0.1) is 10.1 Å². The van der Waals surface area contributed by atoms with Gasteiger partial charge in [-0.05, 0) is 42.0 Å². The zero-order valence-electron chi connectivity index (χ0n) is 11.6. The second kappa shape index (κ2) is 5.75. The number of nitro benzene ring substituents is 1. The number of fused-ring (bicyclic) bond motifs is 1. The summed E-state index contributed by atoms with van der Waals surface area (Å²) in [4.78, 5) is 14.3. The predicted molar refractivity (Wildman–Crippen MR) is 85.0 cm³/mol. The van der Waals surface area contributed by atoms with Crippen molar-refractivity contribution in [2.45, 2.75) is 25.9 Å². The highest BCUT2D eigenvalue weighted by Gasteiger charge is 2.25. The second-order valence-electron chi connectivity index (χ2n) is 5.23. The number of benzene rings is 1. The summed E-state index contributed by atoms with van der Waals surface area (Å²) >= 11 is 8.00. The van der Waals surface area contributed by atoms with Crippen molar-refractivity contribution < 1.29 is 4.92 Å². The van der Waals surface area contributed by atoms with Gasteiger partial charge in [-0.1, -0.05) is 11.6 Å². The Kier molecular flexibility index (Phi) is 3.97. The predicted octanol–water partition coefficient (Wildman–Crippen LogP) is 4.43. The lowest BCUT2D eigenvalue weighted by Crippen LogP contribution is -2.32.